The molecule has 1 aliphatic heterocycles. The van der Waals surface area contributed by atoms with E-state index in [1.54, 1.807) is 6.92 Å². The zero-order valence-electron chi connectivity index (χ0n) is 17.1. The van der Waals surface area contributed by atoms with Crippen molar-refractivity contribution < 1.29 is 18.0 Å². The molecule has 0 spiro atoms. The van der Waals surface area contributed by atoms with Gasteiger partial charge in [0.1, 0.15) is 6.04 Å². The van der Waals surface area contributed by atoms with Crippen LogP contribution in [0.4, 0.5) is 0 Å². The van der Waals surface area contributed by atoms with Crippen molar-refractivity contribution in [1.29, 1.82) is 0 Å². The maximum atomic E-state index is 12.9. The summed E-state index contributed by atoms with van der Waals surface area (Å²) >= 11 is 0. The summed E-state index contributed by atoms with van der Waals surface area (Å²) < 4.78 is 27.3. The normalized spacial score (nSPS) is 21.7. The van der Waals surface area contributed by atoms with E-state index >= 15 is 0 Å². The fourth-order valence-corrected chi connectivity index (χ4v) is 5.16. The highest BCUT2D eigenvalue weighted by Gasteiger charge is 2.31. The number of sulfonamides is 1. The van der Waals surface area contributed by atoms with Crippen LogP contribution in [0.2, 0.25) is 0 Å². The molecule has 28 heavy (non-hydrogen) atoms. The third-order valence-corrected chi connectivity index (χ3v) is 6.73. The molecule has 1 heterocycles. The second kappa shape index (κ2) is 9.52. The van der Waals surface area contributed by atoms with Gasteiger partial charge in [-0.15, -0.1) is 0 Å². The molecule has 156 valence electrons. The number of carbonyl (C=O) groups excluding carboxylic acids is 2. The molecular weight excluding hydrogens is 378 g/mol. The number of rotatable bonds is 7. The third kappa shape index (κ3) is 5.54. The van der Waals surface area contributed by atoms with Crippen LogP contribution in [0.1, 0.15) is 50.9 Å². The minimum absolute atomic E-state index is 0.180. The van der Waals surface area contributed by atoms with Crippen LogP contribution in [0.3, 0.4) is 0 Å². The number of hydrogen-bond donors (Lipinski definition) is 2. The summed E-state index contributed by atoms with van der Waals surface area (Å²) in [6.45, 7) is 9.26. The van der Waals surface area contributed by atoms with Gasteiger partial charge >= 0.3 is 0 Å². The van der Waals surface area contributed by atoms with Crippen LogP contribution in [-0.2, 0) is 14.8 Å². The zero-order valence-corrected chi connectivity index (χ0v) is 17.9. The topological polar surface area (TPSA) is 95.6 Å². The molecule has 0 radical (unpaired) electrons. The predicted molar refractivity (Wildman–Crippen MR) is 108 cm³/mol. The van der Waals surface area contributed by atoms with Crippen LogP contribution in [0.5, 0.6) is 0 Å². The number of piperidine rings is 1. The molecule has 0 aliphatic carbocycles. The average Bonchev–Trinajstić information content (AvgIpc) is 2.65. The molecule has 0 bridgehead atoms. The van der Waals surface area contributed by atoms with Gasteiger partial charge in [-0.1, -0.05) is 20.8 Å². The van der Waals surface area contributed by atoms with Gasteiger partial charge in [-0.3, -0.25) is 9.59 Å². The van der Waals surface area contributed by atoms with Gasteiger partial charge in [0.25, 0.3) is 5.91 Å². The second-order valence-corrected chi connectivity index (χ2v) is 9.72. The Morgan fingerprint density at radius 3 is 2.25 bits per heavy atom. The number of benzene rings is 1. The number of nitrogens with zero attached hydrogens (tertiary/aromatic N) is 1. The predicted octanol–water partition coefficient (Wildman–Crippen LogP) is 2.00. The summed E-state index contributed by atoms with van der Waals surface area (Å²) in [5.74, 6) is -0.0149. The molecule has 0 unspecified atom stereocenters. The van der Waals surface area contributed by atoms with Gasteiger partial charge in [0.15, 0.2) is 0 Å². The first-order valence-electron chi connectivity index (χ1n) is 9.84. The van der Waals surface area contributed by atoms with E-state index in [1.807, 2.05) is 6.92 Å². The summed E-state index contributed by atoms with van der Waals surface area (Å²) in [4.78, 5) is 24.4. The van der Waals surface area contributed by atoms with E-state index < -0.39 is 22.0 Å². The van der Waals surface area contributed by atoms with Crippen molar-refractivity contribution in [2.24, 2.45) is 11.8 Å². The van der Waals surface area contributed by atoms with Gasteiger partial charge in [-0.05, 0) is 55.9 Å². The quantitative estimate of drug-likeness (QED) is 0.720. The van der Waals surface area contributed by atoms with Crippen molar-refractivity contribution in [3.8, 4) is 0 Å². The van der Waals surface area contributed by atoms with Crippen molar-refractivity contribution in [2.45, 2.75) is 51.5 Å². The van der Waals surface area contributed by atoms with Crippen molar-refractivity contribution in [3.63, 3.8) is 0 Å². The van der Waals surface area contributed by atoms with Gasteiger partial charge in [-0.2, -0.15) is 4.31 Å². The lowest BCUT2D eigenvalue weighted by molar-refractivity contribution is -0.122. The maximum absolute atomic E-state index is 12.9. The monoisotopic (exact) mass is 409 g/mol. The number of nitrogens with one attached hydrogen (secondary N) is 2. The lowest BCUT2D eigenvalue weighted by Crippen LogP contribution is -2.45. The van der Waals surface area contributed by atoms with Gasteiger partial charge in [0, 0.05) is 25.2 Å². The highest BCUT2D eigenvalue weighted by atomic mass is 32.2. The van der Waals surface area contributed by atoms with E-state index in [1.165, 1.54) is 28.6 Å². The maximum Gasteiger partial charge on any atom is 0.251 e. The first kappa shape index (κ1) is 22.4. The summed E-state index contributed by atoms with van der Waals surface area (Å²) in [6, 6.07) is 5.20. The molecule has 1 saturated heterocycles. The summed E-state index contributed by atoms with van der Waals surface area (Å²) in [5.41, 5.74) is 0.314. The lowest BCUT2D eigenvalue weighted by atomic mass is 9.94. The minimum atomic E-state index is -3.58. The van der Waals surface area contributed by atoms with Gasteiger partial charge in [0.2, 0.25) is 15.9 Å². The van der Waals surface area contributed by atoms with Crippen molar-refractivity contribution in [1.82, 2.24) is 14.9 Å². The smallest absolute Gasteiger partial charge is 0.251 e. The molecule has 0 saturated carbocycles. The molecule has 1 aromatic rings. The molecule has 8 heteroatoms. The SMILES string of the molecule is CCCNC(=O)[C@H](C)NC(=O)c1ccc(S(=O)(=O)N2C[C@@H](C)C[C@H](C)C2)cc1. The van der Waals surface area contributed by atoms with Crippen molar-refractivity contribution >= 4 is 21.8 Å². The number of carbonyl (C=O) groups is 2. The van der Waals surface area contributed by atoms with E-state index in [4.69, 9.17) is 0 Å². The Morgan fingerprint density at radius 2 is 1.71 bits per heavy atom. The van der Waals surface area contributed by atoms with E-state index in [2.05, 4.69) is 24.5 Å². The van der Waals surface area contributed by atoms with Gasteiger partial charge in [0.05, 0.1) is 4.90 Å². The van der Waals surface area contributed by atoms with Gasteiger partial charge in [-0.25, -0.2) is 8.42 Å². The van der Waals surface area contributed by atoms with Crippen LogP contribution < -0.4 is 10.6 Å². The Balaban J connectivity index is 2.06. The molecular formula is C20H31N3O4S. The Hall–Kier alpha value is -1.93. The minimum Gasteiger partial charge on any atom is -0.354 e. The average molecular weight is 410 g/mol. The molecule has 0 aromatic heterocycles. The van der Waals surface area contributed by atoms with Crippen LogP contribution in [-0.4, -0.2) is 50.2 Å². The third-order valence-electron chi connectivity index (χ3n) is 4.88. The molecule has 1 aliphatic rings. The fraction of sp³-hybridized carbons (Fsp3) is 0.600. The first-order chi connectivity index (χ1) is 13.1. The van der Waals surface area contributed by atoms with Crippen LogP contribution >= 0.6 is 0 Å². The van der Waals surface area contributed by atoms with E-state index in [9.17, 15) is 18.0 Å². The Bertz CT molecular complexity index is 782. The summed E-state index contributed by atoms with van der Waals surface area (Å²) in [6.07, 6.45) is 1.84. The highest BCUT2D eigenvalue weighted by molar-refractivity contribution is 7.89. The lowest BCUT2D eigenvalue weighted by Gasteiger charge is -2.34. The Kier molecular flexibility index (Phi) is 7.60. The van der Waals surface area contributed by atoms with E-state index in [0.29, 0.717) is 37.0 Å². The van der Waals surface area contributed by atoms with Crippen LogP contribution in [0, 0.1) is 11.8 Å². The standard InChI is InChI=1S/C20H31N3O4S/c1-5-10-21-19(24)16(4)22-20(25)17-6-8-18(9-7-17)28(26,27)23-12-14(2)11-15(3)13-23/h6-9,14-16H,5,10-13H2,1-4H3,(H,21,24)(H,22,25)/t14-,15-,16-/m0/s1. The largest absolute Gasteiger partial charge is 0.354 e. The molecule has 1 aromatic carbocycles. The second-order valence-electron chi connectivity index (χ2n) is 7.78. The van der Waals surface area contributed by atoms with Gasteiger partial charge < -0.3 is 10.6 Å². The summed E-state index contributed by atoms with van der Waals surface area (Å²) in [5, 5.41) is 5.35. The van der Waals surface area contributed by atoms with Crippen LogP contribution in [0.25, 0.3) is 0 Å². The van der Waals surface area contributed by atoms with E-state index in [0.717, 1.165) is 12.8 Å². The van der Waals surface area contributed by atoms with E-state index in [-0.39, 0.29) is 10.8 Å². The van der Waals surface area contributed by atoms with Crippen molar-refractivity contribution in [3.05, 3.63) is 29.8 Å². The Morgan fingerprint density at radius 1 is 1.14 bits per heavy atom. The Labute approximate surface area is 167 Å². The molecule has 3 atom stereocenters. The number of hydrogen-bond acceptors (Lipinski definition) is 4. The summed E-state index contributed by atoms with van der Waals surface area (Å²) in [7, 11) is -3.58. The molecule has 2 rings (SSSR count). The zero-order chi connectivity index (χ0) is 20.9. The highest BCUT2D eigenvalue weighted by Crippen LogP contribution is 2.26. The molecule has 2 N–H and O–H groups in total. The molecule has 7 nitrogen and oxygen atoms in total. The number of amides is 2. The van der Waals surface area contributed by atoms with Crippen molar-refractivity contribution in [2.75, 3.05) is 19.6 Å². The van der Waals surface area contributed by atoms with Crippen LogP contribution in [0.15, 0.2) is 29.2 Å². The molecule has 2 amide bonds. The molecule has 1 fully saturated rings. The first-order valence-corrected chi connectivity index (χ1v) is 11.3. The fourth-order valence-electron chi connectivity index (χ4n) is 3.48.